The van der Waals surface area contributed by atoms with Crippen molar-refractivity contribution in [3.05, 3.63) is 29.3 Å². The number of hydrogen-bond acceptors (Lipinski definition) is 3. The highest BCUT2D eigenvalue weighted by molar-refractivity contribution is 5.85. The van der Waals surface area contributed by atoms with Crippen LogP contribution in [0.3, 0.4) is 0 Å². The summed E-state index contributed by atoms with van der Waals surface area (Å²) >= 11 is 0. The van der Waals surface area contributed by atoms with Crippen molar-refractivity contribution < 1.29 is 9.53 Å². The number of nitrogens with one attached hydrogen (secondary N) is 1. The van der Waals surface area contributed by atoms with Crippen molar-refractivity contribution >= 4 is 18.3 Å². The minimum absolute atomic E-state index is 0. The molecule has 1 aromatic carbocycles. The molecule has 0 atom stereocenters. The average Bonchev–Trinajstić information content (AvgIpc) is 2.27. The molecule has 20 heavy (non-hydrogen) atoms. The van der Waals surface area contributed by atoms with Gasteiger partial charge in [-0.05, 0) is 51.0 Å². The van der Waals surface area contributed by atoms with Gasteiger partial charge in [-0.2, -0.15) is 0 Å². The summed E-state index contributed by atoms with van der Waals surface area (Å²) in [6.45, 7) is 8.63. The number of carbonyl (C=O) groups is 1. The maximum atomic E-state index is 11.7. The summed E-state index contributed by atoms with van der Waals surface area (Å²) in [5.41, 5.74) is 7.51. The van der Waals surface area contributed by atoms with Crippen LogP contribution < -0.4 is 15.8 Å². The molecule has 1 rings (SSSR count). The van der Waals surface area contributed by atoms with E-state index in [9.17, 15) is 4.79 Å². The molecule has 1 aromatic rings. The van der Waals surface area contributed by atoms with E-state index in [2.05, 4.69) is 11.4 Å². The Morgan fingerprint density at radius 3 is 2.30 bits per heavy atom. The first-order valence-electron chi connectivity index (χ1n) is 6.54. The van der Waals surface area contributed by atoms with Gasteiger partial charge in [0.2, 0.25) is 5.91 Å². The summed E-state index contributed by atoms with van der Waals surface area (Å²) in [5, 5.41) is 2.87. The topological polar surface area (TPSA) is 64.3 Å². The van der Waals surface area contributed by atoms with E-state index in [-0.39, 0.29) is 23.9 Å². The van der Waals surface area contributed by atoms with Gasteiger partial charge in [-0.15, -0.1) is 12.4 Å². The molecule has 0 aliphatic rings. The second kappa shape index (κ2) is 8.12. The van der Waals surface area contributed by atoms with E-state index < -0.39 is 0 Å². The SMILES string of the molecule is Cc1cc(C)cc(OCCC(=O)NC(C)(C)CN)c1.Cl. The van der Waals surface area contributed by atoms with Crippen LogP contribution in [0.2, 0.25) is 0 Å². The van der Waals surface area contributed by atoms with Crippen molar-refractivity contribution in [1.29, 1.82) is 0 Å². The number of ether oxygens (including phenoxy) is 1. The minimum Gasteiger partial charge on any atom is -0.493 e. The summed E-state index contributed by atoms with van der Waals surface area (Å²) in [7, 11) is 0. The minimum atomic E-state index is -0.364. The van der Waals surface area contributed by atoms with Crippen LogP contribution in [-0.2, 0) is 4.79 Å². The molecule has 0 unspecified atom stereocenters. The largest absolute Gasteiger partial charge is 0.493 e. The van der Waals surface area contributed by atoms with Gasteiger partial charge in [-0.25, -0.2) is 0 Å². The summed E-state index contributed by atoms with van der Waals surface area (Å²) in [6.07, 6.45) is 0.330. The Morgan fingerprint density at radius 2 is 1.80 bits per heavy atom. The first kappa shape index (κ1) is 18.7. The molecule has 0 aromatic heterocycles. The normalized spacial score (nSPS) is 10.7. The van der Waals surface area contributed by atoms with Gasteiger partial charge in [0.05, 0.1) is 13.0 Å². The number of carbonyl (C=O) groups excluding carboxylic acids is 1. The van der Waals surface area contributed by atoms with Gasteiger partial charge in [0.1, 0.15) is 5.75 Å². The lowest BCUT2D eigenvalue weighted by atomic mass is 10.1. The zero-order chi connectivity index (χ0) is 14.5. The molecular formula is C15H25ClN2O2. The van der Waals surface area contributed by atoms with E-state index in [0.717, 1.165) is 16.9 Å². The Labute approximate surface area is 127 Å². The number of hydrogen-bond donors (Lipinski definition) is 2. The molecule has 0 aliphatic carbocycles. The monoisotopic (exact) mass is 300 g/mol. The van der Waals surface area contributed by atoms with Gasteiger partial charge in [-0.1, -0.05) is 6.07 Å². The van der Waals surface area contributed by atoms with Crippen LogP contribution in [-0.4, -0.2) is 24.6 Å². The van der Waals surface area contributed by atoms with Crippen LogP contribution in [0.25, 0.3) is 0 Å². The fraction of sp³-hybridized carbons (Fsp3) is 0.533. The Morgan fingerprint density at radius 1 is 1.25 bits per heavy atom. The molecule has 114 valence electrons. The van der Waals surface area contributed by atoms with Gasteiger partial charge in [0, 0.05) is 12.1 Å². The second-order valence-corrected chi connectivity index (χ2v) is 5.56. The summed E-state index contributed by atoms with van der Waals surface area (Å²) in [4.78, 5) is 11.7. The van der Waals surface area contributed by atoms with Gasteiger partial charge in [0.15, 0.2) is 0 Å². The van der Waals surface area contributed by atoms with E-state index in [1.54, 1.807) is 0 Å². The third kappa shape index (κ3) is 6.78. The Balaban J connectivity index is 0.00000361. The van der Waals surface area contributed by atoms with Crippen LogP contribution in [0.1, 0.15) is 31.4 Å². The molecule has 5 heteroatoms. The molecular weight excluding hydrogens is 276 g/mol. The maximum Gasteiger partial charge on any atom is 0.223 e. The van der Waals surface area contributed by atoms with E-state index in [1.165, 1.54) is 0 Å². The predicted molar refractivity (Wildman–Crippen MR) is 84.6 cm³/mol. The van der Waals surface area contributed by atoms with Gasteiger partial charge >= 0.3 is 0 Å². The zero-order valence-electron chi connectivity index (χ0n) is 12.7. The number of rotatable bonds is 6. The maximum absolute atomic E-state index is 11.7. The van der Waals surface area contributed by atoms with Crippen LogP contribution in [0.5, 0.6) is 5.75 Å². The average molecular weight is 301 g/mol. The van der Waals surface area contributed by atoms with Gasteiger partial charge in [0.25, 0.3) is 0 Å². The highest BCUT2D eigenvalue weighted by Gasteiger charge is 2.17. The summed E-state index contributed by atoms with van der Waals surface area (Å²) < 4.78 is 5.59. The van der Waals surface area contributed by atoms with Crippen molar-refractivity contribution in [2.24, 2.45) is 5.73 Å². The van der Waals surface area contributed by atoms with Gasteiger partial charge < -0.3 is 15.8 Å². The number of nitrogens with two attached hydrogens (primary N) is 1. The molecule has 0 saturated heterocycles. The van der Waals surface area contributed by atoms with E-state index in [1.807, 2.05) is 39.8 Å². The summed E-state index contributed by atoms with van der Waals surface area (Å²) in [6, 6.07) is 6.02. The van der Waals surface area contributed by atoms with Crippen molar-refractivity contribution in [2.75, 3.05) is 13.2 Å². The van der Waals surface area contributed by atoms with E-state index >= 15 is 0 Å². The molecule has 0 aliphatic heterocycles. The molecule has 0 heterocycles. The van der Waals surface area contributed by atoms with Crippen LogP contribution in [0.4, 0.5) is 0 Å². The number of halogens is 1. The number of amides is 1. The number of aryl methyl sites for hydroxylation is 2. The quantitative estimate of drug-likeness (QED) is 0.847. The smallest absolute Gasteiger partial charge is 0.223 e. The molecule has 0 saturated carbocycles. The molecule has 3 N–H and O–H groups in total. The fourth-order valence-electron chi connectivity index (χ4n) is 1.77. The molecule has 0 fully saturated rings. The zero-order valence-corrected chi connectivity index (χ0v) is 13.5. The van der Waals surface area contributed by atoms with E-state index in [0.29, 0.717) is 19.6 Å². The second-order valence-electron chi connectivity index (χ2n) is 5.56. The fourth-order valence-corrected chi connectivity index (χ4v) is 1.77. The van der Waals surface area contributed by atoms with Crippen molar-refractivity contribution in [3.63, 3.8) is 0 Å². The standard InChI is InChI=1S/C15H24N2O2.ClH/c1-11-7-12(2)9-13(8-11)19-6-5-14(18)17-15(3,4)10-16;/h7-9H,5-6,10,16H2,1-4H3,(H,17,18);1H. The molecule has 1 amide bonds. The molecule has 0 bridgehead atoms. The highest BCUT2D eigenvalue weighted by Crippen LogP contribution is 2.16. The lowest BCUT2D eigenvalue weighted by Crippen LogP contribution is -2.49. The first-order valence-corrected chi connectivity index (χ1v) is 6.54. The van der Waals surface area contributed by atoms with Crippen LogP contribution in [0, 0.1) is 13.8 Å². The third-order valence-corrected chi connectivity index (χ3v) is 2.78. The van der Waals surface area contributed by atoms with Crippen LogP contribution >= 0.6 is 12.4 Å². The van der Waals surface area contributed by atoms with E-state index in [4.69, 9.17) is 10.5 Å². The predicted octanol–water partition coefficient (Wildman–Crippen LogP) is 2.35. The third-order valence-electron chi connectivity index (χ3n) is 2.78. The van der Waals surface area contributed by atoms with Crippen molar-refractivity contribution in [1.82, 2.24) is 5.32 Å². The highest BCUT2D eigenvalue weighted by atomic mass is 35.5. The van der Waals surface area contributed by atoms with Crippen molar-refractivity contribution in [3.8, 4) is 5.75 Å². The van der Waals surface area contributed by atoms with Crippen molar-refractivity contribution in [2.45, 2.75) is 39.7 Å². The molecule has 4 nitrogen and oxygen atoms in total. The molecule has 0 radical (unpaired) electrons. The lowest BCUT2D eigenvalue weighted by molar-refractivity contribution is -0.123. The first-order chi connectivity index (χ1) is 8.82. The lowest BCUT2D eigenvalue weighted by Gasteiger charge is -2.24. The van der Waals surface area contributed by atoms with Gasteiger partial charge in [-0.3, -0.25) is 4.79 Å². The Hall–Kier alpha value is -1.26. The molecule has 0 spiro atoms. The Bertz CT molecular complexity index is 427. The summed E-state index contributed by atoms with van der Waals surface area (Å²) in [5.74, 6) is 0.767. The van der Waals surface area contributed by atoms with Crippen LogP contribution in [0.15, 0.2) is 18.2 Å². The number of benzene rings is 1. The Kier molecular flexibility index (Phi) is 7.61.